The molecule has 2 aromatic rings. The van der Waals surface area contributed by atoms with Crippen molar-refractivity contribution in [2.45, 2.75) is 30.7 Å². The molecule has 0 saturated carbocycles. The Balaban J connectivity index is 1.97. The van der Waals surface area contributed by atoms with Crippen LogP contribution in [0.15, 0.2) is 53.4 Å². The van der Waals surface area contributed by atoms with Crippen molar-refractivity contribution in [1.29, 1.82) is 0 Å². The lowest BCUT2D eigenvalue weighted by atomic mass is 9.87. The Hall–Kier alpha value is -2.58. The van der Waals surface area contributed by atoms with Gasteiger partial charge in [-0.25, -0.2) is 8.42 Å². The summed E-state index contributed by atoms with van der Waals surface area (Å²) in [6, 6.07) is 13.8. The molecule has 1 saturated heterocycles. The van der Waals surface area contributed by atoms with E-state index in [0.29, 0.717) is 11.5 Å². The third kappa shape index (κ3) is 4.70. The Labute approximate surface area is 184 Å². The van der Waals surface area contributed by atoms with Gasteiger partial charge in [0.1, 0.15) is 11.5 Å². The fourth-order valence-corrected chi connectivity index (χ4v) is 5.33. The lowest BCUT2D eigenvalue weighted by molar-refractivity contribution is -0.135. The summed E-state index contributed by atoms with van der Waals surface area (Å²) in [5, 5.41) is 0. The number of nitrogens with zero attached hydrogens (tertiary/aromatic N) is 2. The number of ether oxygens (including phenoxy) is 2. The normalized spacial score (nSPS) is 19.4. The van der Waals surface area contributed by atoms with Crippen LogP contribution >= 0.6 is 0 Å². The number of carbonyl (C=O) groups is 1. The molecule has 3 rings (SSSR count). The maximum Gasteiger partial charge on any atom is 0.243 e. The fourth-order valence-electron chi connectivity index (χ4n) is 3.84. The van der Waals surface area contributed by atoms with E-state index in [1.807, 2.05) is 38.1 Å². The number of methoxy groups -OCH3 is 2. The van der Waals surface area contributed by atoms with E-state index in [9.17, 15) is 13.2 Å². The maximum atomic E-state index is 13.3. The molecular weight excluding hydrogens is 416 g/mol. The summed E-state index contributed by atoms with van der Waals surface area (Å²) in [4.78, 5) is 15.1. The van der Waals surface area contributed by atoms with Crippen molar-refractivity contribution in [3.05, 3.63) is 54.1 Å². The summed E-state index contributed by atoms with van der Waals surface area (Å²) in [6.45, 7) is 4.24. The summed E-state index contributed by atoms with van der Waals surface area (Å²) in [5.41, 5.74) is 0.891. The molecule has 2 aromatic carbocycles. The molecule has 0 aromatic heterocycles. The highest BCUT2D eigenvalue weighted by molar-refractivity contribution is 7.89. The molecule has 2 atom stereocenters. The van der Waals surface area contributed by atoms with E-state index in [0.717, 1.165) is 5.56 Å². The molecule has 0 unspecified atom stereocenters. The van der Waals surface area contributed by atoms with Crippen molar-refractivity contribution in [2.24, 2.45) is 5.92 Å². The second kappa shape index (κ2) is 9.28. The van der Waals surface area contributed by atoms with Crippen molar-refractivity contribution in [3.63, 3.8) is 0 Å². The molecule has 168 valence electrons. The van der Waals surface area contributed by atoms with E-state index in [1.165, 1.54) is 23.5 Å². The van der Waals surface area contributed by atoms with Gasteiger partial charge in [0.15, 0.2) is 0 Å². The molecule has 1 heterocycles. The average Bonchev–Trinajstić information content (AvgIpc) is 3.24. The van der Waals surface area contributed by atoms with Crippen LogP contribution in [0.5, 0.6) is 11.5 Å². The van der Waals surface area contributed by atoms with Gasteiger partial charge in [-0.05, 0) is 55.8 Å². The highest BCUT2D eigenvalue weighted by Crippen LogP contribution is 2.38. The molecule has 1 amide bonds. The smallest absolute Gasteiger partial charge is 0.243 e. The number of hydrogen-bond acceptors (Lipinski definition) is 5. The summed E-state index contributed by atoms with van der Waals surface area (Å²) in [5.74, 6) is 0.457. The van der Waals surface area contributed by atoms with Crippen LogP contribution < -0.4 is 9.47 Å². The van der Waals surface area contributed by atoms with Crippen LogP contribution in [-0.4, -0.2) is 63.9 Å². The van der Waals surface area contributed by atoms with E-state index in [1.54, 1.807) is 31.2 Å². The van der Waals surface area contributed by atoms with Crippen LogP contribution in [0.2, 0.25) is 0 Å². The first-order chi connectivity index (χ1) is 14.7. The van der Waals surface area contributed by atoms with Crippen molar-refractivity contribution < 1.29 is 22.7 Å². The predicted octanol–water partition coefficient (Wildman–Crippen LogP) is 2.97. The minimum absolute atomic E-state index is 0.0192. The SMILES string of the molecule is COc1ccc(S(=O)(=O)N2C[C@H](c3cccc(OC)c3)[C@H](C(=O)N(C)C(C)C)C2)cc1. The molecule has 1 aliphatic heterocycles. The van der Waals surface area contributed by atoms with Crippen LogP contribution in [0, 0.1) is 5.92 Å². The molecule has 0 spiro atoms. The first-order valence-corrected chi connectivity index (χ1v) is 11.7. The van der Waals surface area contributed by atoms with E-state index in [-0.39, 0.29) is 35.9 Å². The zero-order chi connectivity index (χ0) is 22.8. The molecule has 0 aliphatic carbocycles. The Morgan fingerprint density at radius 1 is 1.03 bits per heavy atom. The van der Waals surface area contributed by atoms with Crippen molar-refractivity contribution in [2.75, 3.05) is 34.4 Å². The van der Waals surface area contributed by atoms with E-state index < -0.39 is 15.9 Å². The summed E-state index contributed by atoms with van der Waals surface area (Å²) in [6.07, 6.45) is 0. The number of sulfonamides is 1. The molecule has 8 heteroatoms. The molecule has 0 N–H and O–H groups in total. The largest absolute Gasteiger partial charge is 0.497 e. The number of rotatable bonds is 7. The van der Waals surface area contributed by atoms with E-state index >= 15 is 0 Å². The topological polar surface area (TPSA) is 76.1 Å². The minimum Gasteiger partial charge on any atom is -0.497 e. The first kappa shape index (κ1) is 23.1. The van der Waals surface area contributed by atoms with Crippen molar-refractivity contribution in [1.82, 2.24) is 9.21 Å². The zero-order valence-corrected chi connectivity index (χ0v) is 19.4. The Kier molecular flexibility index (Phi) is 6.91. The van der Waals surface area contributed by atoms with Crippen LogP contribution in [0.4, 0.5) is 0 Å². The zero-order valence-electron chi connectivity index (χ0n) is 18.6. The van der Waals surface area contributed by atoms with Gasteiger partial charge < -0.3 is 14.4 Å². The van der Waals surface area contributed by atoms with Crippen LogP contribution in [0.25, 0.3) is 0 Å². The van der Waals surface area contributed by atoms with Crippen molar-refractivity contribution in [3.8, 4) is 11.5 Å². The number of benzene rings is 2. The molecule has 1 fully saturated rings. The highest BCUT2D eigenvalue weighted by Gasteiger charge is 2.44. The predicted molar refractivity (Wildman–Crippen MR) is 119 cm³/mol. The third-order valence-corrected chi connectivity index (χ3v) is 7.79. The summed E-state index contributed by atoms with van der Waals surface area (Å²) >= 11 is 0. The van der Waals surface area contributed by atoms with E-state index in [4.69, 9.17) is 9.47 Å². The van der Waals surface area contributed by atoms with Gasteiger partial charge >= 0.3 is 0 Å². The van der Waals surface area contributed by atoms with Crippen LogP contribution in [-0.2, 0) is 14.8 Å². The molecule has 7 nitrogen and oxygen atoms in total. The average molecular weight is 447 g/mol. The molecule has 1 aliphatic rings. The second-order valence-electron chi connectivity index (χ2n) is 8.03. The van der Waals surface area contributed by atoms with Gasteiger partial charge in [-0.1, -0.05) is 12.1 Å². The fraction of sp³-hybridized carbons (Fsp3) is 0.435. The van der Waals surface area contributed by atoms with Gasteiger partial charge in [-0.2, -0.15) is 4.31 Å². The van der Waals surface area contributed by atoms with E-state index in [2.05, 4.69) is 0 Å². The molecule has 31 heavy (non-hydrogen) atoms. The quantitative estimate of drug-likeness (QED) is 0.654. The third-order valence-electron chi connectivity index (χ3n) is 5.94. The van der Waals surface area contributed by atoms with Gasteiger partial charge in [0.05, 0.1) is 25.0 Å². The number of carbonyl (C=O) groups excluding carboxylic acids is 1. The highest BCUT2D eigenvalue weighted by atomic mass is 32.2. The van der Waals surface area contributed by atoms with Crippen LogP contribution in [0.1, 0.15) is 25.3 Å². The Morgan fingerprint density at radius 2 is 1.68 bits per heavy atom. The van der Waals surface area contributed by atoms with Gasteiger partial charge in [0.25, 0.3) is 0 Å². The lowest BCUT2D eigenvalue weighted by Crippen LogP contribution is -2.40. The summed E-state index contributed by atoms with van der Waals surface area (Å²) < 4.78 is 38.6. The first-order valence-electron chi connectivity index (χ1n) is 10.2. The van der Waals surface area contributed by atoms with Gasteiger partial charge in [-0.3, -0.25) is 4.79 Å². The van der Waals surface area contributed by atoms with Gasteiger partial charge in [0.2, 0.25) is 15.9 Å². The maximum absolute atomic E-state index is 13.3. The number of amides is 1. The minimum atomic E-state index is -3.76. The number of hydrogen-bond donors (Lipinski definition) is 0. The second-order valence-corrected chi connectivity index (χ2v) is 9.97. The van der Waals surface area contributed by atoms with Gasteiger partial charge in [-0.15, -0.1) is 0 Å². The molecule has 0 bridgehead atoms. The van der Waals surface area contributed by atoms with Crippen LogP contribution in [0.3, 0.4) is 0 Å². The molecular formula is C23H30N2O5S. The van der Waals surface area contributed by atoms with Crippen molar-refractivity contribution >= 4 is 15.9 Å². The Morgan fingerprint density at radius 3 is 2.26 bits per heavy atom. The lowest BCUT2D eigenvalue weighted by Gasteiger charge is -2.27. The van der Waals surface area contributed by atoms with Gasteiger partial charge in [0, 0.05) is 32.1 Å². The summed E-state index contributed by atoms with van der Waals surface area (Å²) in [7, 11) is 1.12. The Bertz CT molecular complexity index is 1020. The monoisotopic (exact) mass is 446 g/mol. The molecule has 0 radical (unpaired) electrons. The standard InChI is InChI=1S/C23H30N2O5S/c1-16(2)24(3)23(26)22-15-25(14-21(22)17-7-6-8-19(13-17)30-5)31(27,28)20-11-9-18(29-4)10-12-20/h6-13,16,21-22H,14-15H2,1-5H3/t21-,22-/m1/s1.